The fourth-order valence-corrected chi connectivity index (χ4v) is 4.42. The quantitative estimate of drug-likeness (QED) is 0.644. The number of allylic oxidation sites excluding steroid dienone is 1. The largest absolute Gasteiger partial charge is 0.487 e. The highest BCUT2D eigenvalue weighted by Gasteiger charge is 2.34. The third-order valence-corrected chi connectivity index (χ3v) is 6.34. The molecule has 1 aliphatic heterocycles. The summed E-state index contributed by atoms with van der Waals surface area (Å²) < 4.78 is 44.2. The van der Waals surface area contributed by atoms with Crippen molar-refractivity contribution in [2.24, 2.45) is 5.92 Å². The van der Waals surface area contributed by atoms with Crippen LogP contribution < -0.4 is 4.74 Å². The zero-order valence-corrected chi connectivity index (χ0v) is 18.1. The number of carboxylic acids is 1. The predicted octanol–water partition coefficient (Wildman–Crippen LogP) is 5.07. The second-order valence-corrected chi connectivity index (χ2v) is 8.63. The standard InChI is InChI=1S/C23H22ClF3N2O3/c1-13-15(9-29-10-16(11-29)22(30)31)3-2-14-6-18(4-5-19(13)14)32-12-17-7-21(24)20(8-28-17)23(25,26)27/h4-8,16H,2-3,9-12H2,1H3,(H,30,31). The second kappa shape index (κ2) is 8.75. The van der Waals surface area contributed by atoms with Gasteiger partial charge in [-0.1, -0.05) is 23.2 Å². The third-order valence-electron chi connectivity index (χ3n) is 6.03. The lowest BCUT2D eigenvalue weighted by molar-refractivity contribution is -0.147. The lowest BCUT2D eigenvalue weighted by atomic mass is 9.85. The summed E-state index contributed by atoms with van der Waals surface area (Å²) >= 11 is 5.74. The van der Waals surface area contributed by atoms with E-state index < -0.39 is 22.7 Å². The number of aliphatic carboxylic acids is 1. The van der Waals surface area contributed by atoms with Crippen LogP contribution in [0.4, 0.5) is 13.2 Å². The first kappa shape index (κ1) is 22.6. The molecule has 0 unspecified atom stereocenters. The van der Waals surface area contributed by atoms with Crippen LogP contribution in [-0.4, -0.2) is 40.6 Å². The predicted molar refractivity (Wildman–Crippen MR) is 114 cm³/mol. The maximum absolute atomic E-state index is 12.8. The van der Waals surface area contributed by atoms with Gasteiger partial charge in [0.2, 0.25) is 0 Å². The molecule has 0 radical (unpaired) electrons. The Bertz CT molecular complexity index is 1080. The smallest absolute Gasteiger partial charge is 0.419 e. The molecule has 1 saturated heterocycles. The van der Waals surface area contributed by atoms with Gasteiger partial charge in [-0.15, -0.1) is 0 Å². The maximum atomic E-state index is 12.8. The number of alkyl halides is 3. The van der Waals surface area contributed by atoms with Crippen LogP contribution in [0.5, 0.6) is 5.75 Å². The first-order chi connectivity index (χ1) is 15.1. The Balaban J connectivity index is 1.40. The molecule has 5 nitrogen and oxygen atoms in total. The molecule has 1 aromatic heterocycles. The van der Waals surface area contributed by atoms with Crippen LogP contribution in [0.25, 0.3) is 5.57 Å². The van der Waals surface area contributed by atoms with Crippen molar-refractivity contribution in [2.75, 3.05) is 19.6 Å². The number of fused-ring (bicyclic) bond motifs is 1. The van der Waals surface area contributed by atoms with E-state index >= 15 is 0 Å². The van der Waals surface area contributed by atoms with Crippen molar-refractivity contribution in [3.8, 4) is 5.75 Å². The lowest BCUT2D eigenvalue weighted by Crippen LogP contribution is -2.50. The van der Waals surface area contributed by atoms with Crippen molar-refractivity contribution in [1.82, 2.24) is 9.88 Å². The van der Waals surface area contributed by atoms with E-state index in [4.69, 9.17) is 21.4 Å². The molecule has 0 spiro atoms. The number of ether oxygens (including phenoxy) is 1. The molecule has 2 aromatic rings. The molecule has 0 amide bonds. The minimum absolute atomic E-state index is 0.0103. The van der Waals surface area contributed by atoms with E-state index in [1.165, 1.54) is 17.2 Å². The summed E-state index contributed by atoms with van der Waals surface area (Å²) in [5.41, 5.74) is 4.16. The second-order valence-electron chi connectivity index (χ2n) is 8.22. The number of hydrogen-bond donors (Lipinski definition) is 1. The fourth-order valence-electron chi connectivity index (χ4n) is 4.13. The SMILES string of the molecule is CC1=C(CN2CC(C(=O)O)C2)CCc2cc(OCc3cc(Cl)c(C(F)(F)F)cn3)ccc21. The van der Waals surface area contributed by atoms with Crippen LogP contribution in [0.3, 0.4) is 0 Å². The van der Waals surface area contributed by atoms with Gasteiger partial charge in [-0.3, -0.25) is 14.7 Å². The molecule has 2 heterocycles. The Kier molecular flexibility index (Phi) is 6.18. The van der Waals surface area contributed by atoms with Gasteiger partial charge in [0.05, 0.1) is 22.2 Å². The molecule has 1 aromatic carbocycles. The van der Waals surface area contributed by atoms with Gasteiger partial charge in [0.15, 0.2) is 0 Å². The summed E-state index contributed by atoms with van der Waals surface area (Å²) in [5.74, 6) is -0.382. The van der Waals surface area contributed by atoms with Crippen LogP contribution in [0.1, 0.15) is 35.7 Å². The molecule has 0 bridgehead atoms. The van der Waals surface area contributed by atoms with E-state index in [9.17, 15) is 18.0 Å². The molecule has 32 heavy (non-hydrogen) atoms. The minimum atomic E-state index is -4.54. The lowest BCUT2D eigenvalue weighted by Gasteiger charge is -2.38. The van der Waals surface area contributed by atoms with E-state index in [2.05, 4.69) is 16.8 Å². The van der Waals surface area contributed by atoms with Gasteiger partial charge in [-0.25, -0.2) is 0 Å². The van der Waals surface area contributed by atoms with E-state index in [-0.39, 0.29) is 12.5 Å². The normalized spacial score (nSPS) is 17.2. The topological polar surface area (TPSA) is 62.7 Å². The molecular weight excluding hydrogens is 445 g/mol. The molecule has 1 fully saturated rings. The van der Waals surface area contributed by atoms with Crippen LogP contribution in [0.2, 0.25) is 5.02 Å². The Morgan fingerprint density at radius 1 is 1.28 bits per heavy atom. The van der Waals surface area contributed by atoms with Crippen LogP contribution in [-0.2, 0) is 24.0 Å². The summed E-state index contributed by atoms with van der Waals surface area (Å²) in [6.45, 7) is 4.06. The number of carbonyl (C=O) groups is 1. The van der Waals surface area contributed by atoms with Crippen molar-refractivity contribution in [1.29, 1.82) is 0 Å². The Morgan fingerprint density at radius 3 is 2.69 bits per heavy atom. The monoisotopic (exact) mass is 466 g/mol. The molecule has 2 aliphatic rings. The zero-order chi connectivity index (χ0) is 23.0. The summed E-state index contributed by atoms with van der Waals surface area (Å²) in [6, 6.07) is 6.95. The number of hydrogen-bond acceptors (Lipinski definition) is 4. The van der Waals surface area contributed by atoms with E-state index in [1.54, 1.807) is 0 Å². The van der Waals surface area contributed by atoms with Crippen LogP contribution in [0, 0.1) is 5.92 Å². The van der Waals surface area contributed by atoms with Crippen molar-refractivity contribution in [3.05, 3.63) is 63.4 Å². The summed E-state index contributed by atoms with van der Waals surface area (Å²) in [7, 11) is 0. The van der Waals surface area contributed by atoms with Crippen molar-refractivity contribution in [3.63, 3.8) is 0 Å². The number of aromatic nitrogens is 1. The fraction of sp³-hybridized carbons (Fsp3) is 0.391. The number of carboxylic acid groups (broad SMARTS) is 1. The summed E-state index contributed by atoms with van der Waals surface area (Å²) in [5, 5.41) is 8.63. The summed E-state index contributed by atoms with van der Waals surface area (Å²) in [6.07, 6.45) is -2.08. The van der Waals surface area contributed by atoms with Gasteiger partial charge in [0.1, 0.15) is 12.4 Å². The molecule has 1 N–H and O–H groups in total. The van der Waals surface area contributed by atoms with Gasteiger partial charge in [0.25, 0.3) is 0 Å². The number of rotatable bonds is 6. The highest BCUT2D eigenvalue weighted by atomic mass is 35.5. The highest BCUT2D eigenvalue weighted by Crippen LogP contribution is 2.36. The number of halogens is 4. The molecule has 0 atom stereocenters. The first-order valence-electron chi connectivity index (χ1n) is 10.2. The Hall–Kier alpha value is -2.58. The Morgan fingerprint density at radius 2 is 2.03 bits per heavy atom. The number of nitrogens with zero attached hydrogens (tertiary/aromatic N) is 2. The van der Waals surface area contributed by atoms with E-state index in [0.717, 1.165) is 36.7 Å². The third kappa shape index (κ3) is 4.76. The van der Waals surface area contributed by atoms with Crippen LogP contribution in [0.15, 0.2) is 36.0 Å². The van der Waals surface area contributed by atoms with E-state index in [1.807, 2.05) is 18.2 Å². The minimum Gasteiger partial charge on any atom is -0.487 e. The summed E-state index contributed by atoms with van der Waals surface area (Å²) in [4.78, 5) is 17.0. The average Bonchev–Trinajstić information content (AvgIpc) is 2.69. The van der Waals surface area contributed by atoms with Crippen molar-refractivity contribution >= 4 is 23.1 Å². The van der Waals surface area contributed by atoms with E-state index in [0.29, 0.717) is 24.5 Å². The molecular formula is C23H22ClF3N2O3. The van der Waals surface area contributed by atoms with Gasteiger partial charge in [-0.2, -0.15) is 13.2 Å². The number of pyridine rings is 1. The van der Waals surface area contributed by atoms with Crippen molar-refractivity contribution in [2.45, 2.75) is 32.5 Å². The molecule has 4 rings (SSSR count). The Labute approximate surface area is 188 Å². The van der Waals surface area contributed by atoms with Crippen molar-refractivity contribution < 1.29 is 27.8 Å². The maximum Gasteiger partial charge on any atom is 0.419 e. The van der Waals surface area contributed by atoms with Crippen LogP contribution >= 0.6 is 11.6 Å². The van der Waals surface area contributed by atoms with Gasteiger partial charge in [-0.05, 0) is 54.7 Å². The molecule has 9 heteroatoms. The molecule has 0 saturated carbocycles. The van der Waals surface area contributed by atoms with Gasteiger partial charge in [0, 0.05) is 25.8 Å². The number of benzene rings is 1. The van der Waals surface area contributed by atoms with Gasteiger partial charge >= 0.3 is 12.1 Å². The zero-order valence-electron chi connectivity index (χ0n) is 17.4. The number of aryl methyl sites for hydroxylation is 1. The molecule has 170 valence electrons. The highest BCUT2D eigenvalue weighted by molar-refractivity contribution is 6.31. The number of likely N-dealkylation sites (tertiary alicyclic amines) is 1. The first-order valence-corrected chi connectivity index (χ1v) is 10.6. The average molecular weight is 467 g/mol. The van der Waals surface area contributed by atoms with Gasteiger partial charge < -0.3 is 9.84 Å². The molecule has 1 aliphatic carbocycles.